The summed E-state index contributed by atoms with van der Waals surface area (Å²) in [6.45, 7) is 11.6. The molecule has 306 valence electrons. The lowest BCUT2D eigenvalue weighted by Gasteiger charge is -2.64. The molecule has 0 bridgehead atoms. The Morgan fingerprint density at radius 2 is 1.40 bits per heavy atom. The number of unbranched alkanes of at least 4 members (excludes halogenated alkanes) is 7. The first-order valence-electron chi connectivity index (χ1n) is 21.8. The van der Waals surface area contributed by atoms with Crippen molar-refractivity contribution in [2.75, 3.05) is 32.8 Å². The van der Waals surface area contributed by atoms with E-state index in [1.807, 2.05) is 0 Å². The van der Waals surface area contributed by atoms with Crippen molar-refractivity contribution in [1.29, 1.82) is 0 Å². The summed E-state index contributed by atoms with van der Waals surface area (Å²) in [6.07, 6.45) is 18.3. The van der Waals surface area contributed by atoms with E-state index in [0.717, 1.165) is 70.6 Å². The molecule has 4 saturated carbocycles. The van der Waals surface area contributed by atoms with Crippen LogP contribution in [0.25, 0.3) is 0 Å². The van der Waals surface area contributed by atoms with E-state index in [0.29, 0.717) is 62.3 Å². The minimum absolute atomic E-state index is 0.0114. The van der Waals surface area contributed by atoms with Crippen LogP contribution in [-0.2, 0) is 33.3 Å². The average Bonchev–Trinajstić information content (AvgIpc) is 3.49. The molecular weight excluding hydrogens is 670 g/mol. The topological polar surface area (TPSA) is 166 Å². The zero-order valence-corrected chi connectivity index (χ0v) is 34.0. The molecule has 6 N–H and O–H groups in total. The summed E-state index contributed by atoms with van der Waals surface area (Å²) in [5.41, 5.74) is 17.2. The van der Waals surface area contributed by atoms with Gasteiger partial charge in [-0.2, -0.15) is 0 Å². The molecule has 0 aromatic carbocycles. The number of ether oxygens (including phenoxy) is 4. The minimum Gasteiger partial charge on any atom is -0.466 e. The van der Waals surface area contributed by atoms with E-state index >= 15 is 0 Å². The van der Waals surface area contributed by atoms with E-state index in [-0.39, 0.29) is 72.4 Å². The van der Waals surface area contributed by atoms with Gasteiger partial charge in [0.05, 0.1) is 25.6 Å². The van der Waals surface area contributed by atoms with Gasteiger partial charge in [-0.3, -0.25) is 14.4 Å². The zero-order chi connectivity index (χ0) is 38.4. The van der Waals surface area contributed by atoms with Crippen LogP contribution in [0, 0.1) is 46.3 Å². The first-order chi connectivity index (χ1) is 25.5. The maximum Gasteiger partial charge on any atom is 0.307 e. The van der Waals surface area contributed by atoms with Crippen molar-refractivity contribution in [1.82, 2.24) is 0 Å². The molecule has 4 aliphatic rings. The fourth-order valence-corrected chi connectivity index (χ4v) is 11.6. The van der Waals surface area contributed by atoms with Gasteiger partial charge in [0.15, 0.2) is 0 Å². The van der Waals surface area contributed by atoms with E-state index in [2.05, 4.69) is 27.7 Å². The molecule has 0 amide bonds. The zero-order valence-electron chi connectivity index (χ0n) is 34.0. The van der Waals surface area contributed by atoms with E-state index in [9.17, 15) is 14.4 Å². The second kappa shape index (κ2) is 21.5. The lowest BCUT2D eigenvalue weighted by Crippen LogP contribution is -2.63. The average molecular weight is 748 g/mol. The van der Waals surface area contributed by atoms with Gasteiger partial charge in [-0.05, 0) is 112 Å². The molecule has 0 spiro atoms. The van der Waals surface area contributed by atoms with Crippen molar-refractivity contribution in [3.05, 3.63) is 0 Å². The Labute approximate surface area is 321 Å². The Morgan fingerprint density at radius 3 is 2.08 bits per heavy atom. The predicted molar refractivity (Wildman–Crippen MR) is 208 cm³/mol. The number of esters is 3. The summed E-state index contributed by atoms with van der Waals surface area (Å²) >= 11 is 0. The van der Waals surface area contributed by atoms with Gasteiger partial charge < -0.3 is 36.1 Å². The molecule has 53 heavy (non-hydrogen) atoms. The van der Waals surface area contributed by atoms with Crippen molar-refractivity contribution in [2.24, 2.45) is 63.5 Å². The van der Waals surface area contributed by atoms with Crippen LogP contribution >= 0.6 is 0 Å². The van der Waals surface area contributed by atoms with Gasteiger partial charge in [-0.25, -0.2) is 0 Å². The Morgan fingerprint density at radius 1 is 0.717 bits per heavy atom. The normalized spacial score (nSPS) is 34.0. The van der Waals surface area contributed by atoms with Gasteiger partial charge in [0.2, 0.25) is 0 Å². The van der Waals surface area contributed by atoms with Crippen LogP contribution in [0.4, 0.5) is 0 Å². The van der Waals surface area contributed by atoms with Crippen molar-refractivity contribution < 1.29 is 33.3 Å². The number of hydrogen-bond donors (Lipinski definition) is 3. The largest absolute Gasteiger partial charge is 0.466 e. The van der Waals surface area contributed by atoms with Crippen molar-refractivity contribution in [2.45, 2.75) is 174 Å². The third kappa shape index (κ3) is 11.2. The van der Waals surface area contributed by atoms with Crippen LogP contribution in [0.3, 0.4) is 0 Å². The Bertz CT molecular complexity index is 1140. The molecule has 0 heterocycles. The number of carbonyl (C=O) groups is 3. The van der Waals surface area contributed by atoms with Gasteiger partial charge in [0, 0.05) is 31.5 Å². The summed E-state index contributed by atoms with van der Waals surface area (Å²) in [4.78, 5) is 38.6. The molecule has 1 unspecified atom stereocenters. The predicted octanol–water partition coefficient (Wildman–Crippen LogP) is 7.22. The summed E-state index contributed by atoms with van der Waals surface area (Å²) in [7, 11) is 0. The van der Waals surface area contributed by atoms with Gasteiger partial charge in [-0.15, -0.1) is 0 Å². The standard InChI is InChI=1S/C43H77N3O7/c1-5-6-7-8-9-10-11-12-25-51-38(47)17-14-30(2)33-15-16-34-41-35(29-37(43(33,34)4)53-40(49)20-24-46)42(3)21-18-32(52-39(48)19-23-45)27-31(42)28-36(41)50-26-13-22-44/h30-37,41H,5-29,44-46H2,1-4H3/t30-,31+,32-,33-,34+,35?,36-,37+,41+,42+,43-/m1/s1. The molecule has 0 aromatic rings. The SMILES string of the molecule is CCCCCCCCCCOC(=O)CC[C@@H](C)[C@H]1CC[C@H]2[C@H]3C(C[C@H](OC(=O)CCN)[C@]12C)[C@@]1(C)CC[C@@H](OC(=O)CCN)C[C@H]1C[C@H]3OCCCN. The first-order valence-corrected chi connectivity index (χ1v) is 21.8. The molecular formula is C43H77N3O7. The van der Waals surface area contributed by atoms with E-state index in [4.69, 9.17) is 36.1 Å². The summed E-state index contributed by atoms with van der Waals surface area (Å²) in [5.74, 6) is 1.32. The smallest absolute Gasteiger partial charge is 0.307 e. The Kier molecular flexibility index (Phi) is 17.9. The quantitative estimate of drug-likeness (QED) is 0.0552. The lowest BCUT2D eigenvalue weighted by atomic mass is 9.43. The number of rotatable bonds is 23. The number of hydrogen-bond acceptors (Lipinski definition) is 10. The van der Waals surface area contributed by atoms with Gasteiger partial charge in [0.25, 0.3) is 0 Å². The Hall–Kier alpha value is -1.75. The number of nitrogens with two attached hydrogens (primary N) is 3. The number of fused-ring (bicyclic) bond motifs is 5. The second-order valence-electron chi connectivity index (χ2n) is 17.7. The lowest BCUT2D eigenvalue weighted by molar-refractivity contribution is -0.226. The molecule has 4 fully saturated rings. The third-order valence-electron chi connectivity index (χ3n) is 14.5. The van der Waals surface area contributed by atoms with Crippen LogP contribution in [0.5, 0.6) is 0 Å². The summed E-state index contributed by atoms with van der Waals surface area (Å²) in [5, 5.41) is 0. The molecule has 4 rings (SSSR count). The molecule has 0 aromatic heterocycles. The third-order valence-corrected chi connectivity index (χ3v) is 14.5. The van der Waals surface area contributed by atoms with E-state index in [1.54, 1.807) is 0 Å². The molecule has 10 heteroatoms. The molecule has 11 atom stereocenters. The molecule has 0 aliphatic heterocycles. The van der Waals surface area contributed by atoms with Gasteiger partial charge in [0.1, 0.15) is 12.2 Å². The summed E-state index contributed by atoms with van der Waals surface area (Å²) in [6, 6.07) is 0. The van der Waals surface area contributed by atoms with Gasteiger partial charge >= 0.3 is 17.9 Å². The van der Waals surface area contributed by atoms with Crippen LogP contribution in [0.15, 0.2) is 0 Å². The molecule has 10 nitrogen and oxygen atoms in total. The van der Waals surface area contributed by atoms with Crippen LogP contribution in [-0.4, -0.2) is 69.1 Å². The van der Waals surface area contributed by atoms with Crippen molar-refractivity contribution in [3.63, 3.8) is 0 Å². The second-order valence-corrected chi connectivity index (χ2v) is 17.7. The highest BCUT2D eigenvalue weighted by atomic mass is 16.6. The number of carbonyl (C=O) groups excluding carboxylic acids is 3. The minimum atomic E-state index is -0.250. The highest BCUT2D eigenvalue weighted by Gasteiger charge is 2.67. The maximum absolute atomic E-state index is 13.3. The summed E-state index contributed by atoms with van der Waals surface area (Å²) < 4.78 is 25.0. The van der Waals surface area contributed by atoms with Crippen molar-refractivity contribution >= 4 is 17.9 Å². The highest BCUT2D eigenvalue weighted by Crippen LogP contribution is 2.69. The molecule has 0 radical (unpaired) electrons. The molecule has 4 aliphatic carbocycles. The van der Waals surface area contributed by atoms with Crippen LogP contribution < -0.4 is 17.2 Å². The van der Waals surface area contributed by atoms with Crippen LogP contribution in [0.1, 0.15) is 156 Å². The molecule has 0 saturated heterocycles. The maximum atomic E-state index is 13.3. The van der Waals surface area contributed by atoms with Gasteiger partial charge in [-0.1, -0.05) is 72.6 Å². The van der Waals surface area contributed by atoms with E-state index < -0.39 is 0 Å². The van der Waals surface area contributed by atoms with Crippen molar-refractivity contribution in [3.8, 4) is 0 Å². The highest BCUT2D eigenvalue weighted by molar-refractivity contribution is 5.70. The fourth-order valence-electron chi connectivity index (χ4n) is 11.6. The van der Waals surface area contributed by atoms with Crippen LogP contribution in [0.2, 0.25) is 0 Å². The first kappa shape index (κ1) is 44.0. The fraction of sp³-hybridized carbons (Fsp3) is 0.930. The monoisotopic (exact) mass is 748 g/mol. The van der Waals surface area contributed by atoms with E-state index in [1.165, 1.54) is 38.5 Å². The Balaban J connectivity index is 1.48.